The molecule has 0 aliphatic carbocycles. The Labute approximate surface area is 165 Å². The topological polar surface area (TPSA) is 23.6 Å². The molecule has 2 aromatic rings. The molecule has 3 nitrogen and oxygen atoms in total. The van der Waals surface area contributed by atoms with Gasteiger partial charge in [-0.1, -0.05) is 42.4 Å². The van der Waals surface area contributed by atoms with Gasteiger partial charge in [-0.2, -0.15) is 0 Å². The molecule has 2 atom stereocenters. The van der Waals surface area contributed by atoms with Crippen LogP contribution in [0.15, 0.2) is 58.3 Å². The molecule has 0 unspecified atom stereocenters. The van der Waals surface area contributed by atoms with Crippen molar-refractivity contribution in [2.24, 2.45) is 5.92 Å². The minimum atomic E-state index is 0.257. The standard InChI is InChI=1S/C23H26N2OS/c26-23(16-17-8-7-15-24-14-6-5-9-18(17)24)25-19-10-1-3-12-21(19)27-22-13-4-2-11-20(22)25/h1-4,10-13,17-18H,5-9,14-16H2/t17-,18-/m1/s1. The van der Waals surface area contributed by atoms with Crippen molar-refractivity contribution in [3.05, 3.63) is 48.5 Å². The number of rotatable bonds is 2. The van der Waals surface area contributed by atoms with E-state index in [2.05, 4.69) is 41.3 Å². The van der Waals surface area contributed by atoms with Crippen LogP contribution >= 0.6 is 11.8 Å². The summed E-state index contributed by atoms with van der Waals surface area (Å²) in [5, 5.41) is 0. The van der Waals surface area contributed by atoms with Gasteiger partial charge in [-0.05, 0) is 69.0 Å². The number of benzene rings is 2. The van der Waals surface area contributed by atoms with Crippen molar-refractivity contribution in [2.45, 2.75) is 54.4 Å². The lowest BCUT2D eigenvalue weighted by Gasteiger charge is -2.44. The van der Waals surface area contributed by atoms with Crippen molar-refractivity contribution in [3.63, 3.8) is 0 Å². The number of anilines is 2. The maximum atomic E-state index is 13.6. The molecule has 140 valence electrons. The van der Waals surface area contributed by atoms with Gasteiger partial charge in [-0.25, -0.2) is 0 Å². The summed E-state index contributed by atoms with van der Waals surface area (Å²) >= 11 is 1.77. The fourth-order valence-corrected chi connectivity index (χ4v) is 6.16. The van der Waals surface area contributed by atoms with Gasteiger partial charge in [-0.3, -0.25) is 9.69 Å². The fraction of sp³-hybridized carbons (Fsp3) is 0.435. The molecule has 0 N–H and O–H groups in total. The Bertz CT molecular complexity index is 804. The quantitative estimate of drug-likeness (QED) is 0.692. The van der Waals surface area contributed by atoms with Gasteiger partial charge in [0, 0.05) is 22.3 Å². The van der Waals surface area contributed by atoms with E-state index >= 15 is 0 Å². The number of hydrogen-bond donors (Lipinski definition) is 0. The van der Waals surface area contributed by atoms with E-state index in [1.54, 1.807) is 11.8 Å². The highest BCUT2D eigenvalue weighted by Gasteiger charge is 2.36. The first-order valence-electron chi connectivity index (χ1n) is 10.2. The smallest absolute Gasteiger partial charge is 0.231 e. The summed E-state index contributed by atoms with van der Waals surface area (Å²) in [4.78, 5) is 20.6. The van der Waals surface area contributed by atoms with Crippen LogP contribution in [0.25, 0.3) is 0 Å². The molecule has 0 radical (unpaired) electrons. The fourth-order valence-electron chi connectivity index (χ4n) is 5.10. The largest absolute Gasteiger partial charge is 0.300 e. The second-order valence-electron chi connectivity index (χ2n) is 7.97. The van der Waals surface area contributed by atoms with Crippen LogP contribution in [0.5, 0.6) is 0 Å². The Hall–Kier alpha value is -1.78. The van der Waals surface area contributed by atoms with Crippen molar-refractivity contribution < 1.29 is 4.79 Å². The normalized spacial score (nSPS) is 24.7. The maximum Gasteiger partial charge on any atom is 0.231 e. The van der Waals surface area contributed by atoms with Crippen LogP contribution in [0, 0.1) is 5.92 Å². The first-order chi connectivity index (χ1) is 13.3. The molecular formula is C23H26N2OS. The highest BCUT2D eigenvalue weighted by atomic mass is 32.2. The molecule has 5 rings (SSSR count). The van der Waals surface area contributed by atoms with Gasteiger partial charge in [0.15, 0.2) is 0 Å². The number of carbonyl (C=O) groups excluding carboxylic acids is 1. The van der Waals surface area contributed by atoms with Crippen LogP contribution in [-0.2, 0) is 4.79 Å². The first kappa shape index (κ1) is 17.3. The highest BCUT2D eigenvalue weighted by molar-refractivity contribution is 7.99. The van der Waals surface area contributed by atoms with E-state index in [4.69, 9.17) is 0 Å². The van der Waals surface area contributed by atoms with Gasteiger partial charge in [0.1, 0.15) is 0 Å². The van der Waals surface area contributed by atoms with E-state index < -0.39 is 0 Å². The maximum absolute atomic E-state index is 13.6. The predicted molar refractivity (Wildman–Crippen MR) is 111 cm³/mol. The highest BCUT2D eigenvalue weighted by Crippen LogP contribution is 2.48. The molecule has 27 heavy (non-hydrogen) atoms. The van der Waals surface area contributed by atoms with Crippen molar-refractivity contribution in [1.82, 2.24) is 4.90 Å². The third kappa shape index (κ3) is 3.19. The number of nitrogens with zero attached hydrogens (tertiary/aromatic N) is 2. The number of fused-ring (bicyclic) bond motifs is 3. The van der Waals surface area contributed by atoms with Crippen molar-refractivity contribution in [3.8, 4) is 0 Å². The Morgan fingerprint density at radius 2 is 1.56 bits per heavy atom. The van der Waals surface area contributed by atoms with Crippen molar-refractivity contribution >= 4 is 29.0 Å². The van der Waals surface area contributed by atoms with Gasteiger partial charge in [0.25, 0.3) is 0 Å². The van der Waals surface area contributed by atoms with Gasteiger partial charge < -0.3 is 4.90 Å². The molecular weight excluding hydrogens is 352 g/mol. The van der Waals surface area contributed by atoms with E-state index in [0.29, 0.717) is 18.4 Å². The van der Waals surface area contributed by atoms with Gasteiger partial charge >= 0.3 is 0 Å². The zero-order valence-electron chi connectivity index (χ0n) is 15.6. The minimum absolute atomic E-state index is 0.257. The summed E-state index contributed by atoms with van der Waals surface area (Å²) in [7, 11) is 0. The SMILES string of the molecule is O=C(C[C@H]1CCCN2CCCC[C@H]12)N1c2ccccc2Sc2ccccc21. The zero-order chi connectivity index (χ0) is 18.2. The zero-order valence-corrected chi connectivity index (χ0v) is 16.5. The average Bonchev–Trinajstić information content (AvgIpc) is 2.72. The molecule has 0 bridgehead atoms. The van der Waals surface area contributed by atoms with E-state index in [0.717, 1.165) is 11.4 Å². The Morgan fingerprint density at radius 3 is 2.30 bits per heavy atom. The number of piperidine rings is 2. The molecule has 2 aromatic carbocycles. The van der Waals surface area contributed by atoms with Crippen LogP contribution in [0.3, 0.4) is 0 Å². The molecule has 2 saturated heterocycles. The summed E-state index contributed by atoms with van der Waals surface area (Å²) in [6.45, 7) is 2.45. The van der Waals surface area contributed by atoms with Crippen LogP contribution in [0.2, 0.25) is 0 Å². The minimum Gasteiger partial charge on any atom is -0.300 e. The van der Waals surface area contributed by atoms with Gasteiger partial charge in [0.05, 0.1) is 11.4 Å². The van der Waals surface area contributed by atoms with E-state index in [1.807, 2.05) is 17.0 Å². The van der Waals surface area contributed by atoms with E-state index in [1.165, 1.54) is 55.0 Å². The molecule has 2 fully saturated rings. The second kappa shape index (κ2) is 7.33. The molecule has 0 aromatic heterocycles. The molecule has 4 heteroatoms. The van der Waals surface area contributed by atoms with Crippen LogP contribution in [-0.4, -0.2) is 29.9 Å². The predicted octanol–water partition coefficient (Wildman–Crippen LogP) is 5.47. The molecule has 3 heterocycles. The molecule has 3 aliphatic heterocycles. The van der Waals surface area contributed by atoms with E-state index in [-0.39, 0.29) is 5.91 Å². The Balaban J connectivity index is 1.45. The number of hydrogen-bond acceptors (Lipinski definition) is 3. The lowest BCUT2D eigenvalue weighted by Crippen LogP contribution is -2.49. The third-order valence-electron chi connectivity index (χ3n) is 6.35. The lowest BCUT2D eigenvalue weighted by atomic mass is 9.81. The summed E-state index contributed by atoms with van der Waals surface area (Å²) in [5.74, 6) is 0.757. The average molecular weight is 379 g/mol. The van der Waals surface area contributed by atoms with Crippen molar-refractivity contribution in [1.29, 1.82) is 0 Å². The van der Waals surface area contributed by atoms with Crippen LogP contribution in [0.1, 0.15) is 38.5 Å². The Kier molecular flexibility index (Phi) is 4.70. The van der Waals surface area contributed by atoms with Crippen LogP contribution in [0.4, 0.5) is 11.4 Å². The number of amides is 1. The lowest BCUT2D eigenvalue weighted by molar-refractivity contribution is -0.120. The van der Waals surface area contributed by atoms with Crippen LogP contribution < -0.4 is 4.90 Å². The van der Waals surface area contributed by atoms with E-state index in [9.17, 15) is 4.79 Å². The molecule has 0 spiro atoms. The summed E-state index contributed by atoms with van der Waals surface area (Å²) in [6.07, 6.45) is 6.99. The number of para-hydroxylation sites is 2. The second-order valence-corrected chi connectivity index (χ2v) is 9.06. The first-order valence-corrected chi connectivity index (χ1v) is 11.1. The van der Waals surface area contributed by atoms with Crippen molar-refractivity contribution in [2.75, 3.05) is 18.0 Å². The van der Waals surface area contributed by atoms with Gasteiger partial charge in [0.2, 0.25) is 5.91 Å². The number of carbonyl (C=O) groups is 1. The molecule has 1 amide bonds. The third-order valence-corrected chi connectivity index (χ3v) is 7.48. The summed E-state index contributed by atoms with van der Waals surface area (Å²) in [6, 6.07) is 17.2. The Morgan fingerprint density at radius 1 is 0.889 bits per heavy atom. The van der Waals surface area contributed by atoms with Gasteiger partial charge in [-0.15, -0.1) is 0 Å². The molecule has 3 aliphatic rings. The summed E-state index contributed by atoms with van der Waals surface area (Å²) in [5.41, 5.74) is 2.09. The monoisotopic (exact) mass is 378 g/mol. The molecule has 0 saturated carbocycles. The summed E-state index contributed by atoms with van der Waals surface area (Å²) < 4.78 is 0.